The molecule has 0 aliphatic heterocycles. The van der Waals surface area contributed by atoms with Crippen molar-refractivity contribution >= 4 is 29.1 Å². The van der Waals surface area contributed by atoms with Crippen LogP contribution in [0.1, 0.15) is 23.7 Å². The molecule has 18 heavy (non-hydrogen) atoms. The SMILES string of the molecule is CCC(=O)c1ccc(Sc2ccc(Cl)cc2)cc1. The van der Waals surface area contributed by atoms with Crippen molar-refractivity contribution in [3.8, 4) is 0 Å². The lowest BCUT2D eigenvalue weighted by Gasteiger charge is -2.03. The van der Waals surface area contributed by atoms with Gasteiger partial charge in [0.25, 0.3) is 0 Å². The molecular formula is C15H13ClOS. The third-order valence-electron chi connectivity index (χ3n) is 2.55. The van der Waals surface area contributed by atoms with E-state index < -0.39 is 0 Å². The van der Waals surface area contributed by atoms with Gasteiger partial charge in [0.1, 0.15) is 0 Å². The molecule has 0 saturated carbocycles. The Hall–Kier alpha value is -1.25. The van der Waals surface area contributed by atoms with Crippen LogP contribution in [0.15, 0.2) is 58.3 Å². The third kappa shape index (κ3) is 3.37. The van der Waals surface area contributed by atoms with Gasteiger partial charge in [-0.25, -0.2) is 0 Å². The molecule has 2 rings (SSSR count). The van der Waals surface area contributed by atoms with Crippen molar-refractivity contribution in [1.82, 2.24) is 0 Å². The number of ketones is 1. The van der Waals surface area contributed by atoms with Crippen molar-refractivity contribution in [2.75, 3.05) is 0 Å². The lowest BCUT2D eigenvalue weighted by molar-refractivity contribution is 0.0988. The predicted octanol–water partition coefficient (Wildman–Crippen LogP) is 5.08. The molecule has 0 amide bonds. The molecule has 0 unspecified atom stereocenters. The normalized spacial score (nSPS) is 10.3. The maximum atomic E-state index is 11.5. The van der Waals surface area contributed by atoms with Crippen LogP contribution in [0.3, 0.4) is 0 Å². The Bertz CT molecular complexity index is 531. The molecule has 0 N–H and O–H groups in total. The van der Waals surface area contributed by atoms with E-state index in [4.69, 9.17) is 11.6 Å². The Morgan fingerprint density at radius 1 is 1.00 bits per heavy atom. The zero-order valence-electron chi connectivity index (χ0n) is 10.0. The molecule has 1 nitrogen and oxygen atoms in total. The molecule has 2 aromatic rings. The minimum Gasteiger partial charge on any atom is -0.294 e. The number of hydrogen-bond acceptors (Lipinski definition) is 2. The Balaban J connectivity index is 2.10. The molecule has 0 saturated heterocycles. The van der Waals surface area contributed by atoms with Crippen molar-refractivity contribution in [2.45, 2.75) is 23.1 Å². The summed E-state index contributed by atoms with van der Waals surface area (Å²) in [6.45, 7) is 1.87. The molecule has 0 aliphatic carbocycles. The molecular weight excluding hydrogens is 264 g/mol. The molecule has 0 spiro atoms. The van der Waals surface area contributed by atoms with Crippen LogP contribution < -0.4 is 0 Å². The summed E-state index contributed by atoms with van der Waals surface area (Å²) < 4.78 is 0. The lowest BCUT2D eigenvalue weighted by atomic mass is 10.1. The molecule has 2 aromatic carbocycles. The Labute approximate surface area is 116 Å². The smallest absolute Gasteiger partial charge is 0.162 e. The number of carbonyl (C=O) groups is 1. The zero-order valence-corrected chi connectivity index (χ0v) is 11.6. The Morgan fingerprint density at radius 2 is 1.50 bits per heavy atom. The van der Waals surface area contributed by atoms with E-state index in [1.54, 1.807) is 11.8 Å². The summed E-state index contributed by atoms with van der Waals surface area (Å²) in [4.78, 5) is 13.7. The van der Waals surface area contributed by atoms with Crippen molar-refractivity contribution in [3.05, 3.63) is 59.1 Å². The lowest BCUT2D eigenvalue weighted by Crippen LogP contribution is -1.95. The summed E-state index contributed by atoms with van der Waals surface area (Å²) in [6, 6.07) is 15.4. The van der Waals surface area contributed by atoms with Gasteiger partial charge in [0.15, 0.2) is 5.78 Å². The highest BCUT2D eigenvalue weighted by Crippen LogP contribution is 2.28. The second-order valence-electron chi connectivity index (χ2n) is 3.86. The molecule has 0 aromatic heterocycles. The Morgan fingerprint density at radius 3 is 2.00 bits per heavy atom. The fourth-order valence-corrected chi connectivity index (χ4v) is 2.49. The minimum absolute atomic E-state index is 0.179. The van der Waals surface area contributed by atoms with E-state index in [0.29, 0.717) is 6.42 Å². The van der Waals surface area contributed by atoms with Gasteiger partial charge in [-0.3, -0.25) is 4.79 Å². The number of rotatable bonds is 4. The van der Waals surface area contributed by atoms with E-state index in [1.165, 1.54) is 0 Å². The molecule has 0 radical (unpaired) electrons. The zero-order chi connectivity index (χ0) is 13.0. The van der Waals surface area contributed by atoms with E-state index in [-0.39, 0.29) is 5.78 Å². The van der Waals surface area contributed by atoms with Gasteiger partial charge in [0.2, 0.25) is 0 Å². The molecule has 0 bridgehead atoms. The summed E-state index contributed by atoms with van der Waals surface area (Å²) in [5.74, 6) is 0.179. The van der Waals surface area contributed by atoms with E-state index in [9.17, 15) is 4.79 Å². The van der Waals surface area contributed by atoms with E-state index >= 15 is 0 Å². The quantitative estimate of drug-likeness (QED) is 0.724. The molecule has 92 valence electrons. The van der Waals surface area contributed by atoms with Crippen LogP contribution in [0.2, 0.25) is 5.02 Å². The maximum absolute atomic E-state index is 11.5. The molecule has 0 atom stereocenters. The fourth-order valence-electron chi connectivity index (χ4n) is 1.55. The van der Waals surface area contributed by atoms with Crippen LogP contribution in [0.4, 0.5) is 0 Å². The topological polar surface area (TPSA) is 17.1 Å². The van der Waals surface area contributed by atoms with Gasteiger partial charge >= 0.3 is 0 Å². The first-order chi connectivity index (χ1) is 8.69. The summed E-state index contributed by atoms with van der Waals surface area (Å²) in [5.41, 5.74) is 0.776. The summed E-state index contributed by atoms with van der Waals surface area (Å²) >= 11 is 7.49. The van der Waals surface area contributed by atoms with Crippen LogP contribution in [-0.2, 0) is 0 Å². The van der Waals surface area contributed by atoms with Gasteiger partial charge in [-0.2, -0.15) is 0 Å². The first-order valence-corrected chi connectivity index (χ1v) is 6.95. The van der Waals surface area contributed by atoms with Gasteiger partial charge < -0.3 is 0 Å². The minimum atomic E-state index is 0.179. The summed E-state index contributed by atoms with van der Waals surface area (Å²) in [7, 11) is 0. The second-order valence-corrected chi connectivity index (χ2v) is 5.44. The first kappa shape index (κ1) is 13.2. The largest absolute Gasteiger partial charge is 0.294 e. The van der Waals surface area contributed by atoms with E-state index in [0.717, 1.165) is 20.4 Å². The number of benzene rings is 2. The summed E-state index contributed by atoms with van der Waals surface area (Å²) in [6.07, 6.45) is 0.545. The van der Waals surface area contributed by atoms with Crippen LogP contribution in [0.25, 0.3) is 0 Å². The van der Waals surface area contributed by atoms with Gasteiger partial charge in [-0.05, 0) is 36.4 Å². The van der Waals surface area contributed by atoms with Gasteiger partial charge in [-0.15, -0.1) is 0 Å². The van der Waals surface area contributed by atoms with Crippen LogP contribution in [0, 0.1) is 0 Å². The number of Topliss-reactive ketones (excluding diaryl/α,β-unsaturated/α-hetero) is 1. The second kappa shape index (κ2) is 6.07. The monoisotopic (exact) mass is 276 g/mol. The summed E-state index contributed by atoms with van der Waals surface area (Å²) in [5, 5.41) is 0.739. The number of hydrogen-bond donors (Lipinski definition) is 0. The highest BCUT2D eigenvalue weighted by molar-refractivity contribution is 7.99. The fraction of sp³-hybridized carbons (Fsp3) is 0.133. The van der Waals surface area contributed by atoms with Crippen molar-refractivity contribution in [2.24, 2.45) is 0 Å². The van der Waals surface area contributed by atoms with Crippen molar-refractivity contribution in [3.63, 3.8) is 0 Å². The van der Waals surface area contributed by atoms with Crippen LogP contribution in [0.5, 0.6) is 0 Å². The standard InChI is InChI=1S/C15H13ClOS/c1-2-15(17)11-3-7-13(8-4-11)18-14-9-5-12(16)6-10-14/h3-10H,2H2,1H3. The van der Waals surface area contributed by atoms with Crippen LogP contribution >= 0.6 is 23.4 Å². The first-order valence-electron chi connectivity index (χ1n) is 5.75. The van der Waals surface area contributed by atoms with E-state index in [1.807, 2.05) is 55.5 Å². The highest BCUT2D eigenvalue weighted by atomic mass is 35.5. The highest BCUT2D eigenvalue weighted by Gasteiger charge is 2.03. The predicted molar refractivity (Wildman–Crippen MR) is 76.6 cm³/mol. The Kier molecular flexibility index (Phi) is 4.45. The molecule has 0 fully saturated rings. The van der Waals surface area contributed by atoms with Gasteiger partial charge in [0, 0.05) is 26.8 Å². The third-order valence-corrected chi connectivity index (χ3v) is 3.81. The van der Waals surface area contributed by atoms with Crippen molar-refractivity contribution in [1.29, 1.82) is 0 Å². The van der Waals surface area contributed by atoms with Gasteiger partial charge in [0.05, 0.1) is 0 Å². The van der Waals surface area contributed by atoms with Crippen molar-refractivity contribution < 1.29 is 4.79 Å². The number of halogens is 1. The maximum Gasteiger partial charge on any atom is 0.162 e. The molecule has 3 heteroatoms. The molecule has 0 heterocycles. The molecule has 0 aliphatic rings. The number of carbonyl (C=O) groups excluding carboxylic acids is 1. The van der Waals surface area contributed by atoms with E-state index in [2.05, 4.69) is 0 Å². The average Bonchev–Trinajstić information content (AvgIpc) is 2.41. The van der Waals surface area contributed by atoms with Crippen LogP contribution in [-0.4, -0.2) is 5.78 Å². The average molecular weight is 277 g/mol. The van der Waals surface area contributed by atoms with Gasteiger partial charge in [-0.1, -0.05) is 42.4 Å².